The van der Waals surface area contributed by atoms with E-state index in [-0.39, 0.29) is 10.5 Å². The average Bonchev–Trinajstić information content (AvgIpc) is 2.37. The van der Waals surface area contributed by atoms with Crippen LogP contribution in [0.15, 0.2) is 52.2 Å². The van der Waals surface area contributed by atoms with E-state index in [9.17, 15) is 13.2 Å². The van der Waals surface area contributed by atoms with Gasteiger partial charge in [0.05, 0.1) is 10.4 Å². The van der Waals surface area contributed by atoms with Crippen LogP contribution in [0.5, 0.6) is 0 Å². The molecule has 1 aromatic heterocycles. The molecule has 0 aliphatic rings. The van der Waals surface area contributed by atoms with Gasteiger partial charge in [0, 0.05) is 21.5 Å². The van der Waals surface area contributed by atoms with Gasteiger partial charge in [-0.1, -0.05) is 24.3 Å². The van der Waals surface area contributed by atoms with Crippen molar-refractivity contribution in [3.63, 3.8) is 0 Å². The van der Waals surface area contributed by atoms with Gasteiger partial charge in [0.2, 0.25) is 0 Å². The van der Waals surface area contributed by atoms with Gasteiger partial charge in [-0.05, 0) is 23.6 Å². The molecule has 0 saturated carbocycles. The normalized spacial score (nSPS) is 12.1. The summed E-state index contributed by atoms with van der Waals surface area (Å²) in [5.41, 5.74) is 0.192. The summed E-state index contributed by atoms with van der Waals surface area (Å²) in [7, 11) is 1.49. The third kappa shape index (κ3) is 2.01. The molecule has 3 rings (SSSR count). The molecule has 96 valence electrons. The first-order valence-corrected chi connectivity index (χ1v) is 7.77. The van der Waals surface area contributed by atoms with Crippen LogP contribution in [-0.2, 0) is 9.05 Å². The molecule has 0 fully saturated rings. The molecule has 1 heterocycles. The number of nitrogens with one attached hydrogen (secondary N) is 1. The largest absolute Gasteiger partial charge is 0.321 e. The van der Waals surface area contributed by atoms with Gasteiger partial charge < -0.3 is 4.98 Å². The monoisotopic (exact) mass is 293 g/mol. The average molecular weight is 294 g/mol. The molecule has 0 amide bonds. The fourth-order valence-corrected chi connectivity index (χ4v) is 2.90. The molecular formula is C13H8ClNO3S. The Balaban J connectivity index is 2.51. The lowest BCUT2D eigenvalue weighted by atomic mass is 10.1. The number of hydrogen-bond acceptors (Lipinski definition) is 3. The van der Waals surface area contributed by atoms with E-state index in [4.69, 9.17) is 10.7 Å². The van der Waals surface area contributed by atoms with Gasteiger partial charge in [-0.15, -0.1) is 0 Å². The highest BCUT2D eigenvalue weighted by Gasteiger charge is 2.12. The summed E-state index contributed by atoms with van der Waals surface area (Å²) >= 11 is 0. The summed E-state index contributed by atoms with van der Waals surface area (Å²) in [4.78, 5) is 14.5. The van der Waals surface area contributed by atoms with E-state index < -0.39 is 9.05 Å². The van der Waals surface area contributed by atoms with Crippen LogP contribution in [0.2, 0.25) is 0 Å². The van der Waals surface area contributed by atoms with Crippen molar-refractivity contribution in [2.75, 3.05) is 0 Å². The molecule has 0 saturated heterocycles. The molecule has 2 aromatic carbocycles. The van der Waals surface area contributed by atoms with Gasteiger partial charge in [0.15, 0.2) is 0 Å². The van der Waals surface area contributed by atoms with Crippen LogP contribution in [0, 0.1) is 0 Å². The Hall–Kier alpha value is -1.85. The van der Waals surface area contributed by atoms with Gasteiger partial charge in [-0.2, -0.15) is 0 Å². The number of hydrogen-bond donors (Lipinski definition) is 1. The SMILES string of the molecule is O=c1[nH]c2cc(S(=O)(=O)Cl)ccc2c2ccccc12. The van der Waals surface area contributed by atoms with E-state index in [1.807, 2.05) is 12.1 Å². The molecule has 1 N–H and O–H groups in total. The quantitative estimate of drug-likeness (QED) is 0.554. The molecule has 0 radical (unpaired) electrons. The Morgan fingerprint density at radius 1 is 0.947 bits per heavy atom. The first kappa shape index (κ1) is 12.2. The molecule has 0 unspecified atom stereocenters. The lowest BCUT2D eigenvalue weighted by molar-refractivity contribution is 0.609. The minimum Gasteiger partial charge on any atom is -0.321 e. The van der Waals surface area contributed by atoms with E-state index in [0.29, 0.717) is 10.9 Å². The van der Waals surface area contributed by atoms with E-state index in [2.05, 4.69) is 4.98 Å². The summed E-state index contributed by atoms with van der Waals surface area (Å²) in [6.45, 7) is 0. The van der Waals surface area contributed by atoms with Crippen molar-refractivity contribution in [1.29, 1.82) is 0 Å². The minimum absolute atomic E-state index is 0.0346. The summed E-state index contributed by atoms with van der Waals surface area (Å²) in [5, 5.41) is 2.12. The summed E-state index contributed by atoms with van der Waals surface area (Å²) in [5.74, 6) is 0. The van der Waals surface area contributed by atoms with E-state index >= 15 is 0 Å². The number of rotatable bonds is 1. The highest BCUT2D eigenvalue weighted by atomic mass is 35.7. The molecule has 0 atom stereocenters. The van der Waals surface area contributed by atoms with Crippen LogP contribution >= 0.6 is 10.7 Å². The van der Waals surface area contributed by atoms with Crippen molar-refractivity contribution in [2.24, 2.45) is 0 Å². The number of aromatic amines is 1. The lowest BCUT2D eigenvalue weighted by Crippen LogP contribution is -2.06. The van der Waals surface area contributed by atoms with Gasteiger partial charge in [-0.25, -0.2) is 8.42 Å². The van der Waals surface area contributed by atoms with Gasteiger partial charge >= 0.3 is 0 Å². The lowest BCUT2D eigenvalue weighted by Gasteiger charge is -2.04. The van der Waals surface area contributed by atoms with Crippen LogP contribution in [-0.4, -0.2) is 13.4 Å². The summed E-state index contributed by atoms with van der Waals surface area (Å²) < 4.78 is 22.6. The smallest absolute Gasteiger partial charge is 0.261 e. The van der Waals surface area contributed by atoms with Crippen molar-refractivity contribution in [3.8, 4) is 0 Å². The van der Waals surface area contributed by atoms with Crippen LogP contribution in [0.4, 0.5) is 0 Å². The topological polar surface area (TPSA) is 67.0 Å². The molecular weight excluding hydrogens is 286 g/mol. The fourth-order valence-electron chi connectivity index (χ4n) is 2.12. The van der Waals surface area contributed by atoms with Crippen molar-refractivity contribution in [1.82, 2.24) is 4.98 Å². The first-order chi connectivity index (χ1) is 8.97. The van der Waals surface area contributed by atoms with Gasteiger partial charge in [0.25, 0.3) is 14.6 Å². The third-order valence-electron chi connectivity index (χ3n) is 2.98. The number of fused-ring (bicyclic) bond motifs is 3. The number of pyridine rings is 1. The number of benzene rings is 2. The molecule has 3 aromatic rings. The van der Waals surface area contributed by atoms with Crippen LogP contribution < -0.4 is 5.56 Å². The predicted octanol–water partition coefficient (Wildman–Crippen LogP) is 2.61. The van der Waals surface area contributed by atoms with Crippen LogP contribution in [0.3, 0.4) is 0 Å². The van der Waals surface area contributed by atoms with E-state index in [0.717, 1.165) is 10.8 Å². The molecule has 19 heavy (non-hydrogen) atoms. The Morgan fingerprint density at radius 2 is 1.63 bits per heavy atom. The second kappa shape index (κ2) is 4.08. The van der Waals surface area contributed by atoms with Gasteiger partial charge in [-0.3, -0.25) is 4.79 Å². The first-order valence-electron chi connectivity index (χ1n) is 5.46. The highest BCUT2D eigenvalue weighted by molar-refractivity contribution is 8.13. The Morgan fingerprint density at radius 3 is 2.32 bits per heavy atom. The van der Waals surface area contributed by atoms with E-state index in [1.54, 1.807) is 18.2 Å². The maximum atomic E-state index is 11.9. The van der Waals surface area contributed by atoms with Crippen LogP contribution in [0.25, 0.3) is 21.7 Å². The predicted molar refractivity (Wildman–Crippen MR) is 75.1 cm³/mol. The number of aromatic nitrogens is 1. The summed E-state index contributed by atoms with van der Waals surface area (Å²) in [6.07, 6.45) is 0. The molecule has 0 aliphatic heterocycles. The molecule has 0 aliphatic carbocycles. The zero-order valence-corrected chi connectivity index (χ0v) is 11.1. The number of halogens is 1. The van der Waals surface area contributed by atoms with Crippen molar-refractivity contribution >= 4 is 41.4 Å². The zero-order chi connectivity index (χ0) is 13.6. The Bertz CT molecular complexity index is 960. The second-order valence-corrected chi connectivity index (χ2v) is 6.71. The summed E-state index contributed by atoms with van der Waals surface area (Å²) in [6, 6.07) is 11.6. The minimum atomic E-state index is -3.81. The maximum absolute atomic E-state index is 11.9. The molecule has 0 bridgehead atoms. The Kier molecular flexibility index (Phi) is 2.62. The van der Waals surface area contributed by atoms with Gasteiger partial charge in [0.1, 0.15) is 0 Å². The molecule has 6 heteroatoms. The second-order valence-electron chi connectivity index (χ2n) is 4.14. The number of H-pyrrole nitrogens is 1. The zero-order valence-electron chi connectivity index (χ0n) is 9.55. The van der Waals surface area contributed by atoms with E-state index in [1.165, 1.54) is 12.1 Å². The third-order valence-corrected chi connectivity index (χ3v) is 4.33. The molecule has 0 spiro atoms. The molecule has 4 nitrogen and oxygen atoms in total. The maximum Gasteiger partial charge on any atom is 0.261 e. The standard InChI is InChI=1S/C13H8ClNO3S/c14-19(17,18)8-5-6-10-9-3-1-2-4-11(9)13(16)15-12(10)7-8/h1-7H,(H,15,16). The highest BCUT2D eigenvalue weighted by Crippen LogP contribution is 2.24. The van der Waals surface area contributed by atoms with Crippen molar-refractivity contribution in [3.05, 3.63) is 52.8 Å². The Labute approximate surface area is 113 Å². The fraction of sp³-hybridized carbons (Fsp3) is 0. The van der Waals surface area contributed by atoms with Crippen molar-refractivity contribution < 1.29 is 8.42 Å². The van der Waals surface area contributed by atoms with Crippen LogP contribution in [0.1, 0.15) is 0 Å². The van der Waals surface area contributed by atoms with Crippen molar-refractivity contribution in [2.45, 2.75) is 4.90 Å².